The Morgan fingerprint density at radius 3 is 2.69 bits per heavy atom. The normalized spacial score (nSPS) is 11.9. The Bertz CT molecular complexity index is 412. The summed E-state index contributed by atoms with van der Waals surface area (Å²) in [6.45, 7) is 3.07. The van der Waals surface area contributed by atoms with Crippen LogP contribution < -0.4 is 10.5 Å². The van der Waals surface area contributed by atoms with Crippen molar-refractivity contribution in [2.24, 2.45) is 5.73 Å². The van der Waals surface area contributed by atoms with E-state index in [1.165, 1.54) is 11.3 Å². The predicted molar refractivity (Wildman–Crippen MR) is 67.2 cm³/mol. The molecule has 0 aliphatic rings. The molecule has 1 heterocycles. The molecule has 4 nitrogen and oxygen atoms in total. The maximum atomic E-state index is 11.8. The van der Waals surface area contributed by atoms with Gasteiger partial charge in [-0.3, -0.25) is 0 Å². The van der Waals surface area contributed by atoms with Gasteiger partial charge >= 0.3 is 0 Å². The van der Waals surface area contributed by atoms with E-state index in [-0.39, 0.29) is 0 Å². The summed E-state index contributed by atoms with van der Waals surface area (Å²) in [5.74, 6) is 0. The second-order valence-electron chi connectivity index (χ2n) is 3.47. The van der Waals surface area contributed by atoms with E-state index in [1.807, 2.05) is 13.0 Å². The Hall–Kier alpha value is -0.430. The standard InChI is InChI=1S/C10H18N2O2S2/c1-2-9-5-6-10(15-9)16(13,14)12-8-4-3-7-11/h5-6,12H,2-4,7-8,11H2,1H3. The van der Waals surface area contributed by atoms with Crippen molar-refractivity contribution in [2.75, 3.05) is 13.1 Å². The fourth-order valence-electron chi connectivity index (χ4n) is 1.24. The molecule has 0 spiro atoms. The minimum atomic E-state index is -3.30. The van der Waals surface area contributed by atoms with E-state index in [2.05, 4.69) is 4.72 Å². The van der Waals surface area contributed by atoms with Gasteiger partial charge in [0.1, 0.15) is 4.21 Å². The van der Waals surface area contributed by atoms with E-state index < -0.39 is 10.0 Å². The molecule has 0 aliphatic carbocycles. The lowest BCUT2D eigenvalue weighted by Crippen LogP contribution is -2.24. The van der Waals surface area contributed by atoms with Gasteiger partial charge in [-0.15, -0.1) is 11.3 Å². The van der Waals surface area contributed by atoms with Gasteiger partial charge in [-0.05, 0) is 37.9 Å². The summed E-state index contributed by atoms with van der Waals surface area (Å²) in [5.41, 5.74) is 5.34. The molecule has 0 aliphatic heterocycles. The van der Waals surface area contributed by atoms with E-state index in [4.69, 9.17) is 5.73 Å². The second-order valence-corrected chi connectivity index (χ2v) is 6.63. The van der Waals surface area contributed by atoms with Crippen molar-refractivity contribution in [1.29, 1.82) is 0 Å². The molecule has 0 saturated carbocycles. The average molecular weight is 262 g/mol. The maximum absolute atomic E-state index is 11.8. The third-order valence-electron chi connectivity index (χ3n) is 2.17. The van der Waals surface area contributed by atoms with Crippen LogP contribution in [0.25, 0.3) is 0 Å². The second kappa shape index (κ2) is 6.34. The minimum absolute atomic E-state index is 0.400. The molecular formula is C10H18N2O2S2. The number of thiophene rings is 1. The summed E-state index contributed by atoms with van der Waals surface area (Å²) in [6, 6.07) is 3.52. The van der Waals surface area contributed by atoms with Gasteiger partial charge in [0.15, 0.2) is 0 Å². The topological polar surface area (TPSA) is 72.2 Å². The van der Waals surface area contributed by atoms with Crippen molar-refractivity contribution in [3.63, 3.8) is 0 Å². The molecule has 0 radical (unpaired) electrons. The predicted octanol–water partition coefficient (Wildman–Crippen LogP) is 1.33. The molecule has 0 atom stereocenters. The Kier molecular flexibility index (Phi) is 5.40. The summed E-state index contributed by atoms with van der Waals surface area (Å²) >= 11 is 1.33. The van der Waals surface area contributed by atoms with E-state index >= 15 is 0 Å². The van der Waals surface area contributed by atoms with E-state index in [0.717, 1.165) is 24.1 Å². The number of aryl methyl sites for hydroxylation is 1. The largest absolute Gasteiger partial charge is 0.330 e. The quantitative estimate of drug-likeness (QED) is 0.728. The molecule has 16 heavy (non-hydrogen) atoms. The average Bonchev–Trinajstić information content (AvgIpc) is 2.73. The van der Waals surface area contributed by atoms with Crippen LogP contribution in [0, 0.1) is 0 Å². The molecule has 3 N–H and O–H groups in total. The molecule has 0 aromatic carbocycles. The lowest BCUT2D eigenvalue weighted by atomic mass is 10.3. The Labute approximate surface area is 101 Å². The smallest absolute Gasteiger partial charge is 0.250 e. The first-order chi connectivity index (χ1) is 7.60. The van der Waals surface area contributed by atoms with Crippen LogP contribution in [0.4, 0.5) is 0 Å². The monoisotopic (exact) mass is 262 g/mol. The van der Waals surface area contributed by atoms with E-state index in [0.29, 0.717) is 17.3 Å². The van der Waals surface area contributed by atoms with Crippen LogP contribution in [0.1, 0.15) is 24.6 Å². The molecule has 0 unspecified atom stereocenters. The summed E-state index contributed by atoms with van der Waals surface area (Å²) in [6.07, 6.45) is 2.49. The van der Waals surface area contributed by atoms with E-state index in [9.17, 15) is 8.42 Å². The SMILES string of the molecule is CCc1ccc(S(=O)(=O)NCCCCN)s1. The fourth-order valence-corrected chi connectivity index (χ4v) is 3.65. The van der Waals surface area contributed by atoms with Crippen molar-refractivity contribution in [3.05, 3.63) is 17.0 Å². The molecule has 92 valence electrons. The molecule has 1 aromatic rings. The van der Waals surface area contributed by atoms with Gasteiger partial charge in [0.05, 0.1) is 0 Å². The van der Waals surface area contributed by atoms with Gasteiger partial charge < -0.3 is 5.73 Å². The fraction of sp³-hybridized carbons (Fsp3) is 0.600. The molecule has 0 saturated heterocycles. The Morgan fingerprint density at radius 2 is 2.12 bits per heavy atom. The van der Waals surface area contributed by atoms with Crippen LogP contribution in [0.15, 0.2) is 16.3 Å². The summed E-state index contributed by atoms with van der Waals surface area (Å²) in [7, 11) is -3.30. The minimum Gasteiger partial charge on any atom is -0.330 e. The van der Waals surface area contributed by atoms with E-state index in [1.54, 1.807) is 6.07 Å². The van der Waals surface area contributed by atoms with Crippen LogP contribution in [0.5, 0.6) is 0 Å². The molecule has 1 rings (SSSR count). The number of hydrogen-bond donors (Lipinski definition) is 2. The number of nitrogens with one attached hydrogen (secondary N) is 1. The highest BCUT2D eigenvalue weighted by Gasteiger charge is 2.15. The molecular weight excluding hydrogens is 244 g/mol. The lowest BCUT2D eigenvalue weighted by Gasteiger charge is -2.03. The van der Waals surface area contributed by atoms with Crippen molar-refractivity contribution >= 4 is 21.4 Å². The highest BCUT2D eigenvalue weighted by atomic mass is 32.2. The third-order valence-corrected chi connectivity index (χ3v) is 5.36. The van der Waals surface area contributed by atoms with Crippen molar-refractivity contribution in [1.82, 2.24) is 4.72 Å². The van der Waals surface area contributed by atoms with Gasteiger partial charge in [0.2, 0.25) is 10.0 Å². The number of rotatable bonds is 7. The molecule has 6 heteroatoms. The number of hydrogen-bond acceptors (Lipinski definition) is 4. The first-order valence-corrected chi connectivity index (χ1v) is 7.68. The van der Waals surface area contributed by atoms with Crippen LogP contribution in [0.3, 0.4) is 0 Å². The summed E-state index contributed by atoms with van der Waals surface area (Å²) in [5, 5.41) is 0. The summed E-state index contributed by atoms with van der Waals surface area (Å²) < 4.78 is 26.6. The zero-order valence-electron chi connectivity index (χ0n) is 9.40. The number of nitrogens with two attached hydrogens (primary N) is 1. The Balaban J connectivity index is 2.56. The van der Waals surface area contributed by atoms with Gasteiger partial charge in [-0.1, -0.05) is 6.92 Å². The number of unbranched alkanes of at least 4 members (excludes halogenated alkanes) is 1. The van der Waals surface area contributed by atoms with Crippen LogP contribution in [-0.4, -0.2) is 21.5 Å². The van der Waals surface area contributed by atoms with Gasteiger partial charge in [-0.2, -0.15) is 0 Å². The molecule has 0 bridgehead atoms. The highest BCUT2D eigenvalue weighted by molar-refractivity contribution is 7.91. The summed E-state index contributed by atoms with van der Waals surface area (Å²) in [4.78, 5) is 1.09. The zero-order chi connectivity index (χ0) is 12.0. The number of sulfonamides is 1. The van der Waals surface area contributed by atoms with Gasteiger partial charge in [0, 0.05) is 11.4 Å². The van der Waals surface area contributed by atoms with Gasteiger partial charge in [-0.25, -0.2) is 13.1 Å². The van der Waals surface area contributed by atoms with Crippen LogP contribution in [-0.2, 0) is 16.4 Å². The van der Waals surface area contributed by atoms with Gasteiger partial charge in [0.25, 0.3) is 0 Å². The van der Waals surface area contributed by atoms with Crippen molar-refractivity contribution in [2.45, 2.75) is 30.4 Å². The maximum Gasteiger partial charge on any atom is 0.250 e. The zero-order valence-corrected chi connectivity index (χ0v) is 11.0. The lowest BCUT2D eigenvalue weighted by molar-refractivity contribution is 0.579. The molecule has 1 aromatic heterocycles. The first-order valence-electron chi connectivity index (χ1n) is 5.38. The first kappa shape index (κ1) is 13.6. The molecule has 0 fully saturated rings. The third kappa shape index (κ3) is 3.86. The molecule has 0 amide bonds. The van der Waals surface area contributed by atoms with Crippen LogP contribution in [0.2, 0.25) is 0 Å². The highest BCUT2D eigenvalue weighted by Crippen LogP contribution is 2.21. The van der Waals surface area contributed by atoms with Crippen molar-refractivity contribution < 1.29 is 8.42 Å². The van der Waals surface area contributed by atoms with Crippen LogP contribution >= 0.6 is 11.3 Å². The van der Waals surface area contributed by atoms with Crippen molar-refractivity contribution in [3.8, 4) is 0 Å². The Morgan fingerprint density at radius 1 is 1.38 bits per heavy atom.